The normalized spacial score (nSPS) is 18.8. The van der Waals surface area contributed by atoms with Crippen molar-refractivity contribution in [3.63, 3.8) is 0 Å². The summed E-state index contributed by atoms with van der Waals surface area (Å²) >= 11 is 6.38. The number of benzene rings is 1. The van der Waals surface area contributed by atoms with Gasteiger partial charge >= 0.3 is 0 Å². The van der Waals surface area contributed by atoms with Crippen molar-refractivity contribution >= 4 is 11.6 Å². The Labute approximate surface area is 116 Å². The standard InChI is InChI=1S/C16H24ClN/c1-12-8-9-14(15(17)10-12)16(18-2)11-13-6-4-3-5-7-13/h8-10,13,16,18H,3-7,11H2,1-2H3. The lowest BCUT2D eigenvalue weighted by atomic mass is 9.83. The highest BCUT2D eigenvalue weighted by Crippen LogP contribution is 2.34. The molecule has 0 saturated heterocycles. The van der Waals surface area contributed by atoms with Crippen LogP contribution in [0.4, 0.5) is 0 Å². The average Bonchev–Trinajstić information content (AvgIpc) is 2.38. The smallest absolute Gasteiger partial charge is 0.0456 e. The van der Waals surface area contributed by atoms with Crippen LogP contribution in [0.2, 0.25) is 5.02 Å². The molecule has 1 fully saturated rings. The second kappa shape index (κ2) is 6.58. The van der Waals surface area contributed by atoms with Crippen LogP contribution >= 0.6 is 11.6 Å². The number of hydrogen-bond acceptors (Lipinski definition) is 1. The molecule has 1 N–H and O–H groups in total. The monoisotopic (exact) mass is 265 g/mol. The molecule has 100 valence electrons. The Morgan fingerprint density at radius 2 is 2.00 bits per heavy atom. The fourth-order valence-electron chi connectivity index (χ4n) is 3.07. The first-order valence-electron chi connectivity index (χ1n) is 7.14. The summed E-state index contributed by atoms with van der Waals surface area (Å²) in [4.78, 5) is 0. The van der Waals surface area contributed by atoms with Crippen molar-refractivity contribution in [2.75, 3.05) is 7.05 Å². The fourth-order valence-corrected chi connectivity index (χ4v) is 3.44. The molecule has 18 heavy (non-hydrogen) atoms. The summed E-state index contributed by atoms with van der Waals surface area (Å²) in [6, 6.07) is 6.82. The van der Waals surface area contributed by atoms with E-state index in [9.17, 15) is 0 Å². The fraction of sp³-hybridized carbons (Fsp3) is 0.625. The van der Waals surface area contributed by atoms with Gasteiger partial charge in [-0.1, -0.05) is 55.8 Å². The summed E-state index contributed by atoms with van der Waals surface area (Å²) in [5.41, 5.74) is 2.49. The molecule has 1 nitrogen and oxygen atoms in total. The Kier molecular flexibility index (Phi) is 5.08. The van der Waals surface area contributed by atoms with E-state index in [-0.39, 0.29) is 0 Å². The first-order chi connectivity index (χ1) is 8.70. The lowest BCUT2D eigenvalue weighted by molar-refractivity contribution is 0.306. The van der Waals surface area contributed by atoms with Crippen LogP contribution in [0, 0.1) is 12.8 Å². The van der Waals surface area contributed by atoms with Gasteiger partial charge in [-0.2, -0.15) is 0 Å². The van der Waals surface area contributed by atoms with Crippen LogP contribution in [0.25, 0.3) is 0 Å². The Balaban J connectivity index is 2.07. The second-order valence-corrected chi connectivity index (χ2v) is 6.01. The molecular formula is C16H24ClN. The van der Waals surface area contributed by atoms with Gasteiger partial charge in [0.1, 0.15) is 0 Å². The molecule has 0 radical (unpaired) electrons. The molecule has 2 rings (SSSR count). The van der Waals surface area contributed by atoms with Gasteiger partial charge in [-0.05, 0) is 43.5 Å². The zero-order chi connectivity index (χ0) is 13.0. The predicted molar refractivity (Wildman–Crippen MR) is 79.2 cm³/mol. The van der Waals surface area contributed by atoms with Gasteiger partial charge in [-0.25, -0.2) is 0 Å². The molecule has 0 spiro atoms. The van der Waals surface area contributed by atoms with E-state index in [1.54, 1.807) is 0 Å². The van der Waals surface area contributed by atoms with Crippen LogP contribution in [0.5, 0.6) is 0 Å². The molecule has 1 atom stereocenters. The Bertz CT molecular complexity index is 383. The Morgan fingerprint density at radius 1 is 1.28 bits per heavy atom. The van der Waals surface area contributed by atoms with Gasteiger partial charge in [-0.3, -0.25) is 0 Å². The minimum atomic E-state index is 0.404. The highest BCUT2D eigenvalue weighted by Gasteiger charge is 2.20. The van der Waals surface area contributed by atoms with Crippen molar-refractivity contribution in [3.05, 3.63) is 34.3 Å². The summed E-state index contributed by atoms with van der Waals surface area (Å²) in [5, 5.41) is 4.35. The third-order valence-electron chi connectivity index (χ3n) is 4.17. The van der Waals surface area contributed by atoms with E-state index in [2.05, 4.69) is 30.4 Å². The van der Waals surface area contributed by atoms with Crippen LogP contribution in [0.15, 0.2) is 18.2 Å². The summed E-state index contributed by atoms with van der Waals surface area (Å²) in [6.07, 6.45) is 8.24. The van der Waals surface area contributed by atoms with Crippen molar-refractivity contribution in [3.8, 4) is 0 Å². The maximum absolute atomic E-state index is 6.38. The highest BCUT2D eigenvalue weighted by molar-refractivity contribution is 6.31. The van der Waals surface area contributed by atoms with Crippen LogP contribution in [-0.4, -0.2) is 7.05 Å². The van der Waals surface area contributed by atoms with E-state index in [1.165, 1.54) is 49.7 Å². The van der Waals surface area contributed by atoms with Crippen molar-refractivity contribution in [1.29, 1.82) is 0 Å². The minimum absolute atomic E-state index is 0.404. The molecule has 0 heterocycles. The van der Waals surface area contributed by atoms with Gasteiger partial charge in [0.05, 0.1) is 0 Å². The van der Waals surface area contributed by atoms with Crippen LogP contribution in [-0.2, 0) is 0 Å². The topological polar surface area (TPSA) is 12.0 Å². The lowest BCUT2D eigenvalue weighted by Gasteiger charge is -2.27. The summed E-state index contributed by atoms with van der Waals surface area (Å²) in [6.45, 7) is 2.09. The number of hydrogen-bond donors (Lipinski definition) is 1. The molecule has 1 aliphatic carbocycles. The van der Waals surface area contributed by atoms with Gasteiger partial charge in [-0.15, -0.1) is 0 Å². The van der Waals surface area contributed by atoms with Crippen molar-refractivity contribution < 1.29 is 0 Å². The maximum atomic E-state index is 6.38. The molecule has 1 saturated carbocycles. The van der Waals surface area contributed by atoms with Crippen molar-refractivity contribution in [2.45, 2.75) is 51.5 Å². The van der Waals surface area contributed by atoms with Crippen LogP contribution < -0.4 is 5.32 Å². The van der Waals surface area contributed by atoms with Crippen LogP contribution in [0.3, 0.4) is 0 Å². The largest absolute Gasteiger partial charge is 0.313 e. The van der Waals surface area contributed by atoms with E-state index in [0.29, 0.717) is 6.04 Å². The van der Waals surface area contributed by atoms with Crippen LogP contribution in [0.1, 0.15) is 55.7 Å². The molecule has 1 unspecified atom stereocenters. The summed E-state index contributed by atoms with van der Waals surface area (Å²) in [5.74, 6) is 0.869. The third-order valence-corrected chi connectivity index (χ3v) is 4.50. The molecule has 0 aromatic heterocycles. The number of rotatable bonds is 4. The number of halogens is 1. The molecule has 0 amide bonds. The first-order valence-corrected chi connectivity index (χ1v) is 7.52. The first kappa shape index (κ1) is 13.9. The molecule has 1 aromatic carbocycles. The maximum Gasteiger partial charge on any atom is 0.0456 e. The van der Waals surface area contributed by atoms with Gasteiger partial charge in [0.15, 0.2) is 0 Å². The molecule has 0 aliphatic heterocycles. The van der Waals surface area contributed by atoms with Crippen molar-refractivity contribution in [2.24, 2.45) is 5.92 Å². The van der Waals surface area contributed by atoms with E-state index < -0.39 is 0 Å². The quantitative estimate of drug-likeness (QED) is 0.818. The lowest BCUT2D eigenvalue weighted by Crippen LogP contribution is -2.21. The van der Waals surface area contributed by atoms with Gasteiger partial charge in [0.25, 0.3) is 0 Å². The minimum Gasteiger partial charge on any atom is -0.313 e. The SMILES string of the molecule is CNC(CC1CCCCC1)c1ccc(C)cc1Cl. The van der Waals surface area contributed by atoms with E-state index in [4.69, 9.17) is 11.6 Å². The number of aryl methyl sites for hydroxylation is 1. The highest BCUT2D eigenvalue weighted by atomic mass is 35.5. The molecule has 1 aromatic rings. The predicted octanol–water partition coefficient (Wildman–Crippen LogP) is 4.88. The molecule has 1 aliphatic rings. The third kappa shape index (κ3) is 3.49. The second-order valence-electron chi connectivity index (χ2n) is 5.61. The molecule has 2 heteroatoms. The van der Waals surface area contributed by atoms with E-state index >= 15 is 0 Å². The Hall–Kier alpha value is -0.530. The molecule has 0 bridgehead atoms. The Morgan fingerprint density at radius 3 is 2.61 bits per heavy atom. The van der Waals surface area contributed by atoms with Gasteiger partial charge in [0, 0.05) is 11.1 Å². The average molecular weight is 266 g/mol. The summed E-state index contributed by atoms with van der Waals surface area (Å²) in [7, 11) is 2.05. The van der Waals surface area contributed by atoms with Gasteiger partial charge < -0.3 is 5.32 Å². The van der Waals surface area contributed by atoms with E-state index in [1.807, 2.05) is 7.05 Å². The zero-order valence-electron chi connectivity index (χ0n) is 11.5. The van der Waals surface area contributed by atoms with Crippen molar-refractivity contribution in [1.82, 2.24) is 5.32 Å². The summed E-state index contributed by atoms with van der Waals surface area (Å²) < 4.78 is 0. The van der Waals surface area contributed by atoms with Gasteiger partial charge in [0.2, 0.25) is 0 Å². The number of nitrogens with one attached hydrogen (secondary N) is 1. The zero-order valence-corrected chi connectivity index (χ0v) is 12.3. The van der Waals surface area contributed by atoms with E-state index in [0.717, 1.165) is 10.9 Å². The molecular weight excluding hydrogens is 242 g/mol.